The Morgan fingerprint density at radius 3 is 2.51 bits per heavy atom. The molecule has 4 heterocycles. The van der Waals surface area contributed by atoms with Crippen molar-refractivity contribution in [3.63, 3.8) is 0 Å². The van der Waals surface area contributed by atoms with Gasteiger partial charge in [0.25, 0.3) is 5.89 Å². The fourth-order valence-electron chi connectivity index (χ4n) is 4.51. The summed E-state index contributed by atoms with van der Waals surface area (Å²) in [7, 11) is 0. The molecule has 9 heteroatoms. The molecule has 0 bridgehead atoms. The number of aromatic nitrogens is 3. The van der Waals surface area contributed by atoms with E-state index in [1.54, 1.807) is 12.3 Å². The third kappa shape index (κ3) is 5.32. The van der Waals surface area contributed by atoms with Crippen molar-refractivity contribution < 1.29 is 18.7 Å². The third-order valence-electron chi connectivity index (χ3n) is 6.46. The van der Waals surface area contributed by atoms with E-state index in [0.29, 0.717) is 42.1 Å². The van der Waals surface area contributed by atoms with E-state index in [-0.39, 0.29) is 12.1 Å². The second-order valence-corrected chi connectivity index (χ2v) is 9.90. The van der Waals surface area contributed by atoms with Crippen LogP contribution in [0.1, 0.15) is 38.8 Å². The lowest BCUT2D eigenvalue weighted by Gasteiger charge is -2.39. The minimum absolute atomic E-state index is 0.0116. The van der Waals surface area contributed by atoms with Gasteiger partial charge in [0, 0.05) is 24.8 Å². The van der Waals surface area contributed by atoms with Gasteiger partial charge in [-0.3, -0.25) is 4.90 Å². The molecule has 0 radical (unpaired) electrons. The molecular formula is C26H33N5O4. The van der Waals surface area contributed by atoms with Crippen LogP contribution in [0, 0.1) is 0 Å². The zero-order valence-electron chi connectivity index (χ0n) is 20.8. The van der Waals surface area contributed by atoms with Crippen LogP contribution >= 0.6 is 0 Å². The van der Waals surface area contributed by atoms with Gasteiger partial charge in [0.2, 0.25) is 11.7 Å². The minimum atomic E-state index is -0.491. The minimum Gasteiger partial charge on any atom is -0.473 e. The predicted octanol–water partition coefficient (Wildman–Crippen LogP) is 3.72. The number of rotatable bonds is 5. The first-order chi connectivity index (χ1) is 16.8. The Morgan fingerprint density at radius 2 is 1.80 bits per heavy atom. The SMILES string of the molecule is CC(C)Oc1ncc(-c2nc(-c3ccc4c(c3)CCN(C3COC(C)(C)OC3)CC4)no2)cc1N. The van der Waals surface area contributed by atoms with Crippen LogP contribution in [0.5, 0.6) is 5.88 Å². The topological polar surface area (TPSA) is 109 Å². The molecule has 0 amide bonds. The maximum Gasteiger partial charge on any atom is 0.259 e. The van der Waals surface area contributed by atoms with E-state index < -0.39 is 5.79 Å². The van der Waals surface area contributed by atoms with Gasteiger partial charge in [-0.05, 0) is 63.8 Å². The van der Waals surface area contributed by atoms with Gasteiger partial charge in [0.15, 0.2) is 5.79 Å². The molecular weight excluding hydrogens is 446 g/mol. The lowest BCUT2D eigenvalue weighted by atomic mass is 10.00. The second kappa shape index (κ2) is 9.56. The van der Waals surface area contributed by atoms with Crippen molar-refractivity contribution in [1.82, 2.24) is 20.0 Å². The van der Waals surface area contributed by atoms with Gasteiger partial charge in [0.1, 0.15) is 0 Å². The van der Waals surface area contributed by atoms with E-state index in [0.717, 1.165) is 31.5 Å². The summed E-state index contributed by atoms with van der Waals surface area (Å²) < 4.78 is 22.9. The van der Waals surface area contributed by atoms with Gasteiger partial charge in [-0.25, -0.2) is 4.98 Å². The normalized spacial score (nSPS) is 18.9. The summed E-state index contributed by atoms with van der Waals surface area (Å²) in [5.41, 5.74) is 10.8. The second-order valence-electron chi connectivity index (χ2n) is 9.90. The smallest absolute Gasteiger partial charge is 0.259 e. The molecule has 35 heavy (non-hydrogen) atoms. The average Bonchev–Trinajstić information content (AvgIpc) is 3.22. The van der Waals surface area contributed by atoms with Gasteiger partial charge in [0.05, 0.1) is 36.6 Å². The molecule has 0 saturated carbocycles. The lowest BCUT2D eigenvalue weighted by molar-refractivity contribution is -0.263. The van der Waals surface area contributed by atoms with Crippen LogP contribution in [0.4, 0.5) is 5.69 Å². The van der Waals surface area contributed by atoms with E-state index in [1.807, 2.05) is 27.7 Å². The summed E-state index contributed by atoms with van der Waals surface area (Å²) in [5, 5.41) is 4.21. The van der Waals surface area contributed by atoms with Crippen molar-refractivity contribution in [1.29, 1.82) is 0 Å². The number of hydrogen-bond acceptors (Lipinski definition) is 9. The fourth-order valence-corrected chi connectivity index (χ4v) is 4.51. The largest absolute Gasteiger partial charge is 0.473 e. The van der Waals surface area contributed by atoms with Gasteiger partial charge < -0.3 is 24.5 Å². The first-order valence-electron chi connectivity index (χ1n) is 12.2. The van der Waals surface area contributed by atoms with Crippen LogP contribution < -0.4 is 10.5 Å². The molecule has 1 fully saturated rings. The van der Waals surface area contributed by atoms with Crippen molar-refractivity contribution in [3.8, 4) is 28.7 Å². The van der Waals surface area contributed by atoms with Crippen molar-refractivity contribution >= 4 is 5.69 Å². The van der Waals surface area contributed by atoms with Gasteiger partial charge in [-0.1, -0.05) is 17.3 Å². The highest BCUT2D eigenvalue weighted by molar-refractivity contribution is 5.65. The standard InChI is InChI=1S/C26H33N5O4/c1-16(2)34-25-22(27)12-20(13-28-25)24-29-23(30-35-24)19-6-5-17-7-9-31(10-8-18(17)11-19)21-14-32-26(3,4)33-15-21/h5-6,11-13,16,21H,7-10,14-15,27H2,1-4H3. The maximum atomic E-state index is 6.10. The number of fused-ring (bicyclic) bond motifs is 1. The number of nitrogens with zero attached hydrogens (tertiary/aromatic N) is 4. The van der Waals surface area contributed by atoms with Gasteiger partial charge in [-0.2, -0.15) is 4.98 Å². The molecule has 0 unspecified atom stereocenters. The van der Waals surface area contributed by atoms with Gasteiger partial charge in [-0.15, -0.1) is 0 Å². The average molecular weight is 480 g/mol. The summed E-state index contributed by atoms with van der Waals surface area (Å²) >= 11 is 0. The Kier molecular flexibility index (Phi) is 6.48. The number of pyridine rings is 1. The summed E-state index contributed by atoms with van der Waals surface area (Å²) in [5.74, 6) is 0.825. The number of hydrogen-bond donors (Lipinski definition) is 1. The van der Waals surface area contributed by atoms with Crippen LogP contribution in [-0.4, -0.2) is 64.3 Å². The van der Waals surface area contributed by atoms with Crippen LogP contribution in [0.3, 0.4) is 0 Å². The molecule has 9 nitrogen and oxygen atoms in total. The Bertz CT molecular complexity index is 1180. The third-order valence-corrected chi connectivity index (χ3v) is 6.46. The van der Waals surface area contributed by atoms with Gasteiger partial charge >= 0.3 is 0 Å². The molecule has 0 aliphatic carbocycles. The Labute approximate surface area is 205 Å². The molecule has 1 aromatic carbocycles. The van der Waals surface area contributed by atoms with Crippen molar-refractivity contribution in [3.05, 3.63) is 41.6 Å². The zero-order chi connectivity index (χ0) is 24.6. The van der Waals surface area contributed by atoms with E-state index in [9.17, 15) is 0 Å². The highest BCUT2D eigenvalue weighted by Gasteiger charge is 2.32. The molecule has 2 aliphatic heterocycles. The molecule has 0 spiro atoms. The van der Waals surface area contributed by atoms with E-state index in [4.69, 9.17) is 24.5 Å². The molecule has 0 atom stereocenters. The van der Waals surface area contributed by atoms with Crippen molar-refractivity contribution in [2.75, 3.05) is 32.0 Å². The van der Waals surface area contributed by atoms with E-state index >= 15 is 0 Å². The number of ether oxygens (including phenoxy) is 3. The highest BCUT2D eigenvalue weighted by Crippen LogP contribution is 2.29. The van der Waals surface area contributed by atoms with Crippen LogP contribution in [0.15, 0.2) is 35.0 Å². The van der Waals surface area contributed by atoms with Crippen molar-refractivity contribution in [2.24, 2.45) is 0 Å². The molecule has 186 valence electrons. The van der Waals surface area contributed by atoms with Crippen LogP contribution in [-0.2, 0) is 22.3 Å². The molecule has 2 aromatic heterocycles. The van der Waals surface area contributed by atoms with E-state index in [2.05, 4.69) is 38.2 Å². The Balaban J connectivity index is 1.29. The quantitative estimate of drug-likeness (QED) is 0.585. The number of nitrogen functional groups attached to an aromatic ring is 1. The highest BCUT2D eigenvalue weighted by atomic mass is 16.7. The Morgan fingerprint density at radius 1 is 1.06 bits per heavy atom. The fraction of sp³-hybridized carbons (Fsp3) is 0.500. The summed E-state index contributed by atoms with van der Waals surface area (Å²) in [6.45, 7) is 11.1. The lowest BCUT2D eigenvalue weighted by Crippen LogP contribution is -2.51. The van der Waals surface area contributed by atoms with Crippen LogP contribution in [0.25, 0.3) is 22.8 Å². The number of benzene rings is 1. The number of nitrogens with two attached hydrogens (primary N) is 1. The first-order valence-corrected chi connectivity index (χ1v) is 12.2. The predicted molar refractivity (Wildman–Crippen MR) is 132 cm³/mol. The van der Waals surface area contributed by atoms with E-state index in [1.165, 1.54) is 11.1 Å². The van der Waals surface area contributed by atoms with Crippen LogP contribution in [0.2, 0.25) is 0 Å². The summed E-state index contributed by atoms with van der Waals surface area (Å²) in [6.07, 6.45) is 3.56. The molecule has 5 rings (SSSR count). The maximum absolute atomic E-state index is 6.10. The zero-order valence-corrected chi connectivity index (χ0v) is 20.8. The summed E-state index contributed by atoms with van der Waals surface area (Å²) in [4.78, 5) is 11.4. The molecule has 2 N–H and O–H groups in total. The Hall–Kier alpha value is -3.01. The monoisotopic (exact) mass is 479 g/mol. The molecule has 3 aromatic rings. The molecule has 2 aliphatic rings. The van der Waals surface area contributed by atoms with Crippen molar-refractivity contribution in [2.45, 2.75) is 58.5 Å². The number of anilines is 1. The first kappa shape index (κ1) is 23.7. The molecule has 1 saturated heterocycles. The summed E-state index contributed by atoms with van der Waals surface area (Å²) in [6, 6.07) is 8.45.